The van der Waals surface area contributed by atoms with Crippen LogP contribution in [0, 0.1) is 0 Å². The number of aromatic carboxylic acids is 1. The van der Waals surface area contributed by atoms with E-state index in [1.165, 1.54) is 17.1 Å². The van der Waals surface area contributed by atoms with E-state index in [0.717, 1.165) is 0 Å². The van der Waals surface area contributed by atoms with Crippen LogP contribution in [-0.2, 0) is 0 Å². The van der Waals surface area contributed by atoms with Gasteiger partial charge in [-0.25, -0.2) is 4.79 Å². The van der Waals surface area contributed by atoms with Gasteiger partial charge in [0, 0.05) is 8.95 Å². The van der Waals surface area contributed by atoms with Gasteiger partial charge in [0.15, 0.2) is 0 Å². The molecule has 0 fully saturated rings. The smallest absolute Gasteiger partial charge is 0.337 e. The third-order valence-electron chi connectivity index (χ3n) is 1.84. The van der Waals surface area contributed by atoms with Crippen molar-refractivity contribution in [1.29, 1.82) is 0 Å². The van der Waals surface area contributed by atoms with Gasteiger partial charge in [-0.15, -0.1) is 5.10 Å². The molecule has 1 aromatic heterocycles. The largest absolute Gasteiger partial charge is 0.478 e. The first-order valence-corrected chi connectivity index (χ1v) is 5.64. The molecule has 0 spiro atoms. The molecule has 0 atom stereocenters. The van der Waals surface area contributed by atoms with Crippen LogP contribution in [0.15, 0.2) is 27.4 Å². The Morgan fingerprint density at radius 1 is 1.38 bits per heavy atom. The summed E-state index contributed by atoms with van der Waals surface area (Å²) in [5.74, 6) is -1.05. The van der Waals surface area contributed by atoms with E-state index in [1.54, 1.807) is 6.07 Å². The molecule has 0 saturated heterocycles. The first kappa shape index (κ1) is 11.2. The zero-order valence-electron chi connectivity index (χ0n) is 7.63. The van der Waals surface area contributed by atoms with Gasteiger partial charge in [-0.2, -0.15) is 4.68 Å². The zero-order chi connectivity index (χ0) is 11.7. The van der Waals surface area contributed by atoms with Crippen molar-refractivity contribution in [3.8, 4) is 5.69 Å². The molecule has 0 amide bonds. The highest BCUT2D eigenvalue weighted by Crippen LogP contribution is 2.28. The van der Waals surface area contributed by atoms with Gasteiger partial charge in [-0.1, -0.05) is 15.9 Å². The van der Waals surface area contributed by atoms with Crippen molar-refractivity contribution in [2.45, 2.75) is 0 Å². The summed E-state index contributed by atoms with van der Waals surface area (Å²) in [4.78, 5) is 11.1. The number of carbonyl (C=O) groups is 1. The molecule has 6 nitrogen and oxygen atoms in total. The Bertz CT molecular complexity index is 541. The molecule has 2 aromatic rings. The molecule has 8 heteroatoms. The molecule has 0 aliphatic heterocycles. The maximum atomic E-state index is 11.1. The van der Waals surface area contributed by atoms with Gasteiger partial charge in [0.25, 0.3) is 0 Å². The molecule has 0 radical (unpaired) electrons. The van der Waals surface area contributed by atoms with Gasteiger partial charge < -0.3 is 5.11 Å². The number of carboxylic acids is 1. The number of aromatic nitrogens is 4. The van der Waals surface area contributed by atoms with Crippen LogP contribution >= 0.6 is 31.9 Å². The van der Waals surface area contributed by atoms with E-state index in [2.05, 4.69) is 47.4 Å². The molecule has 2 rings (SSSR count). The summed E-state index contributed by atoms with van der Waals surface area (Å²) >= 11 is 6.50. The summed E-state index contributed by atoms with van der Waals surface area (Å²) in [6, 6.07) is 3.22. The van der Waals surface area contributed by atoms with Crippen LogP contribution in [0.5, 0.6) is 0 Å². The van der Waals surface area contributed by atoms with Crippen molar-refractivity contribution in [1.82, 2.24) is 20.2 Å². The van der Waals surface area contributed by atoms with Crippen LogP contribution in [0.1, 0.15) is 10.4 Å². The number of hydrogen-bond donors (Lipinski definition) is 1. The van der Waals surface area contributed by atoms with Gasteiger partial charge in [0.05, 0.1) is 11.3 Å². The van der Waals surface area contributed by atoms with E-state index in [9.17, 15) is 4.79 Å². The maximum absolute atomic E-state index is 11.1. The quantitative estimate of drug-likeness (QED) is 0.897. The molecular weight excluding hydrogens is 344 g/mol. The Kier molecular flexibility index (Phi) is 3.01. The standard InChI is InChI=1S/C8H4Br2N4O2/c9-4-1-5(8(15)16)7(6(10)2-4)14-3-11-12-13-14/h1-3H,(H,15,16). The van der Waals surface area contributed by atoms with Gasteiger partial charge in [0.2, 0.25) is 0 Å². The fourth-order valence-corrected chi connectivity index (χ4v) is 2.63. The van der Waals surface area contributed by atoms with Crippen molar-refractivity contribution in [2.75, 3.05) is 0 Å². The summed E-state index contributed by atoms with van der Waals surface area (Å²) in [6.07, 6.45) is 1.33. The third kappa shape index (κ3) is 1.98. The molecule has 82 valence electrons. The lowest BCUT2D eigenvalue weighted by molar-refractivity contribution is 0.0696. The highest BCUT2D eigenvalue weighted by Gasteiger charge is 2.17. The molecule has 0 unspecified atom stereocenters. The molecule has 0 saturated carbocycles. The van der Waals surface area contributed by atoms with E-state index in [1.807, 2.05) is 0 Å². The molecule has 1 N–H and O–H groups in total. The van der Waals surface area contributed by atoms with Crippen LogP contribution in [0.4, 0.5) is 0 Å². The van der Waals surface area contributed by atoms with E-state index in [0.29, 0.717) is 14.6 Å². The van der Waals surface area contributed by atoms with Gasteiger partial charge >= 0.3 is 5.97 Å². The Hall–Kier alpha value is -1.28. The van der Waals surface area contributed by atoms with Crippen LogP contribution in [0.2, 0.25) is 0 Å². The second-order valence-corrected chi connectivity index (χ2v) is 4.61. The van der Waals surface area contributed by atoms with Crippen molar-refractivity contribution in [3.05, 3.63) is 33.0 Å². The summed E-state index contributed by atoms with van der Waals surface area (Å²) in [6.45, 7) is 0. The SMILES string of the molecule is O=C(O)c1cc(Br)cc(Br)c1-n1cnnn1. The predicted molar refractivity (Wildman–Crippen MR) is 61.5 cm³/mol. The minimum Gasteiger partial charge on any atom is -0.478 e. The maximum Gasteiger partial charge on any atom is 0.337 e. The van der Waals surface area contributed by atoms with Crippen LogP contribution in [-0.4, -0.2) is 31.3 Å². The summed E-state index contributed by atoms with van der Waals surface area (Å²) in [5.41, 5.74) is 0.495. The topological polar surface area (TPSA) is 80.9 Å². The lowest BCUT2D eigenvalue weighted by atomic mass is 10.2. The summed E-state index contributed by atoms with van der Waals surface area (Å²) < 4.78 is 2.54. The molecule has 16 heavy (non-hydrogen) atoms. The normalized spacial score (nSPS) is 10.4. The molecular formula is C8H4Br2N4O2. The molecule has 0 aliphatic rings. The number of nitrogens with zero attached hydrogens (tertiary/aromatic N) is 4. The average Bonchev–Trinajstić information content (AvgIpc) is 2.69. The molecule has 1 heterocycles. The van der Waals surface area contributed by atoms with Gasteiger partial charge in [0.1, 0.15) is 6.33 Å². The van der Waals surface area contributed by atoms with Crippen LogP contribution < -0.4 is 0 Å². The van der Waals surface area contributed by atoms with Crippen LogP contribution in [0.25, 0.3) is 5.69 Å². The second-order valence-electron chi connectivity index (χ2n) is 2.84. The first-order chi connectivity index (χ1) is 7.59. The molecule has 0 bridgehead atoms. The predicted octanol–water partition coefficient (Wildman–Crippen LogP) is 1.89. The van der Waals surface area contributed by atoms with Crippen molar-refractivity contribution < 1.29 is 9.90 Å². The van der Waals surface area contributed by atoms with Gasteiger partial charge in [-0.05, 0) is 38.5 Å². The highest BCUT2D eigenvalue weighted by molar-refractivity contribution is 9.11. The number of carboxylic acid groups (broad SMARTS) is 1. The first-order valence-electron chi connectivity index (χ1n) is 4.05. The van der Waals surface area contributed by atoms with Crippen molar-refractivity contribution >= 4 is 37.8 Å². The Labute approximate surface area is 107 Å². The second kappa shape index (κ2) is 4.30. The monoisotopic (exact) mass is 346 g/mol. The third-order valence-corrected chi connectivity index (χ3v) is 2.90. The van der Waals surface area contributed by atoms with E-state index in [4.69, 9.17) is 5.11 Å². The lowest BCUT2D eigenvalue weighted by Gasteiger charge is -2.07. The Morgan fingerprint density at radius 2 is 2.12 bits per heavy atom. The fraction of sp³-hybridized carbons (Fsp3) is 0. The molecule has 0 aliphatic carbocycles. The van der Waals surface area contributed by atoms with E-state index >= 15 is 0 Å². The van der Waals surface area contributed by atoms with Crippen molar-refractivity contribution in [3.63, 3.8) is 0 Å². The van der Waals surface area contributed by atoms with Gasteiger partial charge in [-0.3, -0.25) is 0 Å². The average molecular weight is 348 g/mol. The Morgan fingerprint density at radius 3 is 2.69 bits per heavy atom. The number of rotatable bonds is 2. The number of halogens is 2. The fourth-order valence-electron chi connectivity index (χ4n) is 1.23. The lowest BCUT2D eigenvalue weighted by Crippen LogP contribution is -2.07. The van der Waals surface area contributed by atoms with Crippen LogP contribution in [0.3, 0.4) is 0 Å². The number of tetrazole rings is 1. The van der Waals surface area contributed by atoms with Crippen molar-refractivity contribution in [2.24, 2.45) is 0 Å². The minimum absolute atomic E-state index is 0.105. The highest BCUT2D eigenvalue weighted by atomic mass is 79.9. The summed E-state index contributed by atoms with van der Waals surface area (Å²) in [7, 11) is 0. The number of hydrogen-bond acceptors (Lipinski definition) is 4. The number of benzene rings is 1. The van der Waals surface area contributed by atoms with E-state index < -0.39 is 5.97 Å². The Balaban J connectivity index is 2.72. The zero-order valence-corrected chi connectivity index (χ0v) is 10.8. The minimum atomic E-state index is -1.05. The molecule has 1 aromatic carbocycles. The van der Waals surface area contributed by atoms with E-state index in [-0.39, 0.29) is 5.56 Å². The summed E-state index contributed by atoms with van der Waals surface area (Å²) in [5, 5.41) is 19.7.